The molecule has 0 aromatic carbocycles. The first-order valence-corrected chi connectivity index (χ1v) is 5.26. The van der Waals surface area contributed by atoms with E-state index in [1.807, 2.05) is 6.92 Å². The molecule has 1 N–H and O–H groups in total. The minimum Gasteiger partial charge on any atom is -0.393 e. The summed E-state index contributed by atoms with van der Waals surface area (Å²) in [4.78, 5) is 1.33. The molecule has 0 unspecified atom stereocenters. The second kappa shape index (κ2) is 4.24. The van der Waals surface area contributed by atoms with Crippen molar-refractivity contribution in [1.29, 1.82) is 0 Å². The number of aryl methyl sites for hydroxylation is 1. The largest absolute Gasteiger partial charge is 0.393 e. The zero-order valence-electron chi connectivity index (χ0n) is 6.38. The van der Waals surface area contributed by atoms with Gasteiger partial charge < -0.3 is 5.11 Å². The Morgan fingerprint density at radius 3 is 2.91 bits per heavy atom. The highest BCUT2D eigenvalue weighted by atomic mass is 79.9. The summed E-state index contributed by atoms with van der Waals surface area (Å²) in [5, 5.41) is 11.1. The van der Waals surface area contributed by atoms with Crippen LogP contribution in [0.3, 0.4) is 0 Å². The average Bonchev–Trinajstić information content (AvgIpc) is 2.31. The molecule has 0 radical (unpaired) electrons. The van der Waals surface area contributed by atoms with E-state index in [0.717, 1.165) is 17.3 Å². The molecule has 1 nitrogen and oxygen atoms in total. The van der Waals surface area contributed by atoms with E-state index in [1.165, 1.54) is 4.88 Å². The lowest BCUT2D eigenvalue weighted by Crippen LogP contribution is -1.99. The molecule has 1 rings (SSSR count). The van der Waals surface area contributed by atoms with Crippen molar-refractivity contribution in [2.75, 3.05) is 0 Å². The van der Waals surface area contributed by atoms with Gasteiger partial charge in [0.25, 0.3) is 0 Å². The van der Waals surface area contributed by atoms with Crippen LogP contribution in [0.5, 0.6) is 0 Å². The maximum atomic E-state index is 9.01. The second-order valence-electron chi connectivity index (χ2n) is 2.62. The summed E-state index contributed by atoms with van der Waals surface area (Å²) >= 11 is 5.12. The van der Waals surface area contributed by atoms with Gasteiger partial charge in [-0.2, -0.15) is 0 Å². The Balaban J connectivity index is 2.39. The third kappa shape index (κ3) is 3.36. The summed E-state index contributed by atoms with van der Waals surface area (Å²) in [5.74, 6) is 0. The molecule has 1 atom stereocenters. The normalized spacial score (nSPS) is 13.4. The highest BCUT2D eigenvalue weighted by molar-refractivity contribution is 9.10. The molecule has 0 aliphatic heterocycles. The number of thiophene rings is 1. The summed E-state index contributed by atoms with van der Waals surface area (Å²) in [7, 11) is 0. The summed E-state index contributed by atoms with van der Waals surface area (Å²) in [6.07, 6.45) is 1.65. The highest BCUT2D eigenvalue weighted by Crippen LogP contribution is 2.21. The van der Waals surface area contributed by atoms with E-state index in [2.05, 4.69) is 27.4 Å². The van der Waals surface area contributed by atoms with Crippen molar-refractivity contribution in [3.8, 4) is 0 Å². The first kappa shape index (κ1) is 9.23. The maximum absolute atomic E-state index is 9.01. The molecule has 62 valence electrons. The van der Waals surface area contributed by atoms with E-state index >= 15 is 0 Å². The van der Waals surface area contributed by atoms with Crippen molar-refractivity contribution in [2.45, 2.75) is 25.9 Å². The fourth-order valence-corrected chi connectivity index (χ4v) is 2.31. The average molecular weight is 235 g/mol. The van der Waals surface area contributed by atoms with Crippen LogP contribution in [-0.2, 0) is 6.42 Å². The van der Waals surface area contributed by atoms with E-state index in [1.54, 1.807) is 11.3 Å². The Labute approximate surface area is 79.2 Å². The molecule has 0 fully saturated rings. The lowest BCUT2D eigenvalue weighted by atomic mass is 10.2. The molecule has 0 amide bonds. The lowest BCUT2D eigenvalue weighted by molar-refractivity contribution is 0.185. The number of hydrogen-bond donors (Lipinski definition) is 1. The van der Waals surface area contributed by atoms with Crippen LogP contribution in [0.25, 0.3) is 0 Å². The van der Waals surface area contributed by atoms with Gasteiger partial charge in [0.2, 0.25) is 0 Å². The van der Waals surface area contributed by atoms with Crippen molar-refractivity contribution in [2.24, 2.45) is 0 Å². The molecule has 0 saturated heterocycles. The Hall–Kier alpha value is 0.140. The summed E-state index contributed by atoms with van der Waals surface area (Å²) < 4.78 is 1.14. The highest BCUT2D eigenvalue weighted by Gasteiger charge is 1.99. The standard InChI is InChI=1S/C8H11BrOS/c1-6(10)2-3-8-4-7(9)5-11-8/h4-6,10H,2-3H2,1H3/t6-/m0/s1. The maximum Gasteiger partial charge on any atom is 0.0515 e. The Bertz CT molecular complexity index is 220. The molecule has 11 heavy (non-hydrogen) atoms. The monoisotopic (exact) mass is 234 g/mol. The summed E-state index contributed by atoms with van der Waals surface area (Å²) in [6, 6.07) is 2.10. The molecule has 1 aromatic heterocycles. The van der Waals surface area contributed by atoms with Gasteiger partial charge in [-0.1, -0.05) is 0 Å². The van der Waals surface area contributed by atoms with Crippen molar-refractivity contribution < 1.29 is 5.11 Å². The van der Waals surface area contributed by atoms with Crippen LogP contribution in [0.15, 0.2) is 15.9 Å². The Kier molecular flexibility index (Phi) is 3.55. The fraction of sp³-hybridized carbons (Fsp3) is 0.500. The SMILES string of the molecule is C[C@H](O)CCc1cc(Br)cs1. The van der Waals surface area contributed by atoms with Crippen LogP contribution in [0.1, 0.15) is 18.2 Å². The second-order valence-corrected chi connectivity index (χ2v) is 4.53. The van der Waals surface area contributed by atoms with Gasteiger partial charge in [0, 0.05) is 14.7 Å². The van der Waals surface area contributed by atoms with E-state index in [0.29, 0.717) is 0 Å². The number of aliphatic hydroxyl groups excluding tert-OH is 1. The van der Waals surface area contributed by atoms with Gasteiger partial charge in [0.05, 0.1) is 6.10 Å². The van der Waals surface area contributed by atoms with Gasteiger partial charge in [0.15, 0.2) is 0 Å². The van der Waals surface area contributed by atoms with Crippen molar-refractivity contribution >= 4 is 27.3 Å². The smallest absolute Gasteiger partial charge is 0.0515 e. The predicted octanol–water partition coefficient (Wildman–Crippen LogP) is 2.82. The summed E-state index contributed by atoms with van der Waals surface area (Å²) in [6.45, 7) is 1.82. The zero-order chi connectivity index (χ0) is 8.27. The van der Waals surface area contributed by atoms with E-state index in [4.69, 9.17) is 5.11 Å². The van der Waals surface area contributed by atoms with Gasteiger partial charge >= 0.3 is 0 Å². The molecule has 0 aliphatic rings. The van der Waals surface area contributed by atoms with Gasteiger partial charge in [0.1, 0.15) is 0 Å². The van der Waals surface area contributed by atoms with Gasteiger partial charge in [-0.15, -0.1) is 11.3 Å². The molecule has 3 heteroatoms. The van der Waals surface area contributed by atoms with E-state index < -0.39 is 0 Å². The van der Waals surface area contributed by atoms with Crippen LogP contribution in [0, 0.1) is 0 Å². The lowest BCUT2D eigenvalue weighted by Gasteiger charge is -2.00. The molecule has 0 bridgehead atoms. The number of hydrogen-bond acceptors (Lipinski definition) is 2. The quantitative estimate of drug-likeness (QED) is 0.854. The van der Waals surface area contributed by atoms with Crippen LogP contribution < -0.4 is 0 Å². The summed E-state index contributed by atoms with van der Waals surface area (Å²) in [5.41, 5.74) is 0. The third-order valence-electron chi connectivity index (χ3n) is 1.43. The van der Waals surface area contributed by atoms with E-state index in [-0.39, 0.29) is 6.10 Å². The van der Waals surface area contributed by atoms with E-state index in [9.17, 15) is 0 Å². The molecule has 1 aromatic rings. The first-order chi connectivity index (χ1) is 5.18. The fourth-order valence-electron chi connectivity index (χ4n) is 0.836. The topological polar surface area (TPSA) is 20.2 Å². The predicted molar refractivity (Wildman–Crippen MR) is 52.0 cm³/mol. The van der Waals surface area contributed by atoms with Crippen molar-refractivity contribution in [3.05, 3.63) is 20.8 Å². The zero-order valence-corrected chi connectivity index (χ0v) is 8.78. The third-order valence-corrected chi connectivity index (χ3v) is 3.19. The van der Waals surface area contributed by atoms with Crippen LogP contribution >= 0.6 is 27.3 Å². The number of rotatable bonds is 3. The molecule has 0 aliphatic carbocycles. The molecular formula is C8H11BrOS. The van der Waals surface area contributed by atoms with Crippen LogP contribution in [-0.4, -0.2) is 11.2 Å². The number of aliphatic hydroxyl groups is 1. The van der Waals surface area contributed by atoms with Crippen molar-refractivity contribution in [1.82, 2.24) is 0 Å². The van der Waals surface area contributed by atoms with Gasteiger partial charge in [-0.25, -0.2) is 0 Å². The molecule has 1 heterocycles. The minimum absolute atomic E-state index is 0.184. The van der Waals surface area contributed by atoms with Crippen LogP contribution in [0.4, 0.5) is 0 Å². The number of halogens is 1. The van der Waals surface area contributed by atoms with Gasteiger partial charge in [-0.3, -0.25) is 0 Å². The molecule has 0 spiro atoms. The van der Waals surface area contributed by atoms with Crippen LogP contribution in [0.2, 0.25) is 0 Å². The molecular weight excluding hydrogens is 224 g/mol. The van der Waals surface area contributed by atoms with Gasteiger partial charge in [-0.05, 0) is 41.8 Å². The van der Waals surface area contributed by atoms with Crippen molar-refractivity contribution in [3.63, 3.8) is 0 Å². The molecule has 0 saturated carbocycles. The first-order valence-electron chi connectivity index (χ1n) is 3.59. The minimum atomic E-state index is -0.184. The Morgan fingerprint density at radius 2 is 2.45 bits per heavy atom. The Morgan fingerprint density at radius 1 is 1.73 bits per heavy atom.